The molecule has 7 heteroatoms. The number of anilines is 1. The standard InChI is InChI=1S/C14H15N3O4/c1-19-11-4-10(5-12(6-11)20-2)17-7-9(3-13(17)18)14-15-8-21-16-14/h4-6,8-9H,3,7H2,1-2H3. The van der Waals surface area contributed by atoms with Gasteiger partial charge in [-0.1, -0.05) is 5.16 Å². The fraction of sp³-hybridized carbons (Fsp3) is 0.357. The van der Waals surface area contributed by atoms with Gasteiger partial charge in [-0.05, 0) is 0 Å². The van der Waals surface area contributed by atoms with E-state index in [0.29, 0.717) is 30.3 Å². The molecule has 1 atom stereocenters. The zero-order valence-corrected chi connectivity index (χ0v) is 11.8. The van der Waals surface area contributed by atoms with E-state index in [0.717, 1.165) is 5.69 Å². The predicted octanol–water partition coefficient (Wildman–Crippen LogP) is 1.61. The Kier molecular flexibility index (Phi) is 3.47. The maximum Gasteiger partial charge on any atom is 0.227 e. The minimum Gasteiger partial charge on any atom is -0.497 e. The molecule has 1 aliphatic heterocycles. The Morgan fingerprint density at radius 3 is 2.52 bits per heavy atom. The Morgan fingerprint density at radius 2 is 1.95 bits per heavy atom. The van der Waals surface area contributed by atoms with E-state index in [-0.39, 0.29) is 11.8 Å². The molecule has 3 rings (SSSR count). The van der Waals surface area contributed by atoms with Crippen molar-refractivity contribution in [1.29, 1.82) is 0 Å². The van der Waals surface area contributed by atoms with Crippen LogP contribution in [0.1, 0.15) is 18.2 Å². The summed E-state index contributed by atoms with van der Waals surface area (Å²) in [6.45, 7) is 0.509. The van der Waals surface area contributed by atoms with Crippen LogP contribution in [0.2, 0.25) is 0 Å². The average molecular weight is 289 g/mol. The third kappa shape index (κ3) is 2.54. The van der Waals surface area contributed by atoms with Crippen molar-refractivity contribution in [3.63, 3.8) is 0 Å². The Morgan fingerprint density at radius 1 is 1.24 bits per heavy atom. The minimum atomic E-state index is -0.0616. The van der Waals surface area contributed by atoms with Gasteiger partial charge < -0.3 is 18.9 Å². The molecule has 1 amide bonds. The van der Waals surface area contributed by atoms with Crippen LogP contribution in [0.25, 0.3) is 0 Å². The van der Waals surface area contributed by atoms with Gasteiger partial charge in [0.1, 0.15) is 11.5 Å². The molecule has 0 aliphatic carbocycles. The first-order valence-electron chi connectivity index (χ1n) is 6.51. The van der Waals surface area contributed by atoms with Crippen molar-refractivity contribution < 1.29 is 18.8 Å². The summed E-state index contributed by atoms with van der Waals surface area (Å²) < 4.78 is 15.2. The Bertz CT molecular complexity index is 619. The van der Waals surface area contributed by atoms with Gasteiger partial charge in [0, 0.05) is 37.1 Å². The summed E-state index contributed by atoms with van der Waals surface area (Å²) in [6.07, 6.45) is 1.64. The molecule has 0 spiro atoms. The van der Waals surface area contributed by atoms with Crippen molar-refractivity contribution in [3.8, 4) is 11.5 Å². The predicted molar refractivity (Wildman–Crippen MR) is 73.6 cm³/mol. The second kappa shape index (κ2) is 5.43. The Labute approximate surface area is 121 Å². The number of amides is 1. The van der Waals surface area contributed by atoms with Crippen LogP contribution in [0.15, 0.2) is 29.1 Å². The molecular formula is C14H15N3O4. The first-order valence-corrected chi connectivity index (χ1v) is 6.51. The Hall–Kier alpha value is -2.57. The van der Waals surface area contributed by atoms with Crippen molar-refractivity contribution in [2.45, 2.75) is 12.3 Å². The van der Waals surface area contributed by atoms with Crippen LogP contribution >= 0.6 is 0 Å². The van der Waals surface area contributed by atoms with E-state index in [4.69, 9.17) is 14.0 Å². The largest absolute Gasteiger partial charge is 0.497 e. The lowest BCUT2D eigenvalue weighted by Crippen LogP contribution is -2.24. The van der Waals surface area contributed by atoms with Crippen molar-refractivity contribution in [3.05, 3.63) is 30.4 Å². The summed E-state index contributed by atoms with van der Waals surface area (Å²) in [5.74, 6) is 1.79. The number of carbonyl (C=O) groups excluding carboxylic acids is 1. The summed E-state index contributed by atoms with van der Waals surface area (Å²) >= 11 is 0. The van der Waals surface area contributed by atoms with E-state index < -0.39 is 0 Å². The van der Waals surface area contributed by atoms with Gasteiger partial charge in [-0.3, -0.25) is 4.79 Å². The number of aromatic nitrogens is 2. The monoisotopic (exact) mass is 289 g/mol. The number of benzene rings is 1. The number of hydrogen-bond donors (Lipinski definition) is 0. The highest BCUT2D eigenvalue weighted by atomic mass is 16.5. The zero-order chi connectivity index (χ0) is 14.8. The number of nitrogens with zero attached hydrogens (tertiary/aromatic N) is 3. The molecule has 0 N–H and O–H groups in total. The smallest absolute Gasteiger partial charge is 0.227 e. The zero-order valence-electron chi connectivity index (χ0n) is 11.8. The lowest BCUT2D eigenvalue weighted by Gasteiger charge is -2.18. The maximum absolute atomic E-state index is 12.2. The highest BCUT2D eigenvalue weighted by Gasteiger charge is 2.34. The van der Waals surface area contributed by atoms with Crippen molar-refractivity contribution in [2.24, 2.45) is 0 Å². The average Bonchev–Trinajstić information content (AvgIpc) is 3.15. The Balaban J connectivity index is 1.88. The van der Waals surface area contributed by atoms with Gasteiger partial charge in [0.05, 0.1) is 19.9 Å². The third-order valence-corrected chi connectivity index (χ3v) is 3.52. The third-order valence-electron chi connectivity index (χ3n) is 3.52. The van der Waals surface area contributed by atoms with Gasteiger partial charge >= 0.3 is 0 Å². The van der Waals surface area contributed by atoms with Gasteiger partial charge in [0.2, 0.25) is 12.3 Å². The van der Waals surface area contributed by atoms with Gasteiger partial charge in [-0.25, -0.2) is 0 Å². The highest BCUT2D eigenvalue weighted by Crippen LogP contribution is 2.34. The molecule has 1 aliphatic rings. The lowest BCUT2D eigenvalue weighted by atomic mass is 10.1. The fourth-order valence-electron chi connectivity index (χ4n) is 2.44. The van der Waals surface area contributed by atoms with E-state index in [1.807, 2.05) is 0 Å². The quantitative estimate of drug-likeness (QED) is 0.851. The van der Waals surface area contributed by atoms with E-state index in [9.17, 15) is 4.79 Å². The first-order chi connectivity index (χ1) is 10.2. The summed E-state index contributed by atoms with van der Waals surface area (Å²) in [7, 11) is 3.15. The molecular weight excluding hydrogens is 274 g/mol. The molecule has 0 saturated carbocycles. The summed E-state index contributed by atoms with van der Waals surface area (Å²) in [5, 5.41) is 3.81. The molecule has 1 aromatic carbocycles. The van der Waals surface area contributed by atoms with E-state index in [1.165, 1.54) is 6.39 Å². The van der Waals surface area contributed by atoms with Crippen LogP contribution in [0.4, 0.5) is 5.69 Å². The van der Waals surface area contributed by atoms with Crippen LogP contribution in [0, 0.1) is 0 Å². The molecule has 2 heterocycles. The van der Waals surface area contributed by atoms with Crippen LogP contribution in [-0.2, 0) is 4.79 Å². The van der Waals surface area contributed by atoms with E-state index in [1.54, 1.807) is 37.3 Å². The summed E-state index contributed by atoms with van der Waals surface area (Å²) in [5.41, 5.74) is 0.738. The molecule has 2 aromatic rings. The van der Waals surface area contributed by atoms with Crippen LogP contribution < -0.4 is 14.4 Å². The van der Waals surface area contributed by atoms with Crippen molar-refractivity contribution in [1.82, 2.24) is 10.1 Å². The number of hydrogen-bond acceptors (Lipinski definition) is 6. The van der Waals surface area contributed by atoms with Gasteiger partial charge in [0.15, 0.2) is 5.82 Å². The van der Waals surface area contributed by atoms with Crippen molar-refractivity contribution >= 4 is 11.6 Å². The maximum atomic E-state index is 12.2. The van der Waals surface area contributed by atoms with Crippen LogP contribution in [0.3, 0.4) is 0 Å². The highest BCUT2D eigenvalue weighted by molar-refractivity contribution is 5.96. The van der Waals surface area contributed by atoms with Crippen LogP contribution in [0.5, 0.6) is 11.5 Å². The normalized spacial score (nSPS) is 18.1. The SMILES string of the molecule is COc1cc(OC)cc(N2CC(c3ncon3)CC2=O)c1. The molecule has 110 valence electrons. The van der Waals surface area contributed by atoms with Crippen LogP contribution in [-0.4, -0.2) is 36.8 Å². The summed E-state index contributed by atoms with van der Waals surface area (Å²) in [6, 6.07) is 5.37. The molecule has 1 aromatic heterocycles. The molecule has 0 radical (unpaired) electrons. The lowest BCUT2D eigenvalue weighted by molar-refractivity contribution is -0.117. The minimum absolute atomic E-state index is 0.0140. The molecule has 1 saturated heterocycles. The number of carbonyl (C=O) groups is 1. The molecule has 1 unspecified atom stereocenters. The van der Waals surface area contributed by atoms with Gasteiger partial charge in [0.25, 0.3) is 0 Å². The topological polar surface area (TPSA) is 77.7 Å². The second-order valence-corrected chi connectivity index (χ2v) is 4.77. The van der Waals surface area contributed by atoms with E-state index >= 15 is 0 Å². The molecule has 21 heavy (non-hydrogen) atoms. The molecule has 1 fully saturated rings. The molecule has 7 nitrogen and oxygen atoms in total. The first kappa shape index (κ1) is 13.4. The van der Waals surface area contributed by atoms with E-state index in [2.05, 4.69) is 10.1 Å². The fourth-order valence-corrected chi connectivity index (χ4v) is 2.44. The summed E-state index contributed by atoms with van der Waals surface area (Å²) in [4.78, 5) is 17.9. The molecule has 0 bridgehead atoms. The second-order valence-electron chi connectivity index (χ2n) is 4.77. The van der Waals surface area contributed by atoms with Gasteiger partial charge in [-0.15, -0.1) is 0 Å². The van der Waals surface area contributed by atoms with Crippen molar-refractivity contribution in [2.75, 3.05) is 25.7 Å². The number of ether oxygens (including phenoxy) is 2. The number of methoxy groups -OCH3 is 2. The van der Waals surface area contributed by atoms with Gasteiger partial charge in [-0.2, -0.15) is 4.98 Å². The number of rotatable bonds is 4.